The first-order valence-electron chi connectivity index (χ1n) is 9.22. The molecule has 142 valence electrons. The van der Waals surface area contributed by atoms with Crippen LogP contribution in [0.3, 0.4) is 0 Å². The largest absolute Gasteiger partial charge is 0.493 e. The van der Waals surface area contributed by atoms with Crippen LogP contribution in [-0.4, -0.2) is 50.2 Å². The normalized spacial score (nSPS) is 11.2. The van der Waals surface area contributed by atoms with Gasteiger partial charge in [0.1, 0.15) is 0 Å². The maximum Gasteiger partial charge on any atom is 0.251 e. The molecule has 0 atom stereocenters. The maximum absolute atomic E-state index is 12.3. The van der Waals surface area contributed by atoms with Crippen molar-refractivity contribution < 1.29 is 14.3 Å². The molecule has 5 heteroatoms. The number of ether oxygens (including phenoxy) is 2. The van der Waals surface area contributed by atoms with E-state index in [1.54, 1.807) is 25.3 Å². The van der Waals surface area contributed by atoms with Gasteiger partial charge >= 0.3 is 0 Å². The van der Waals surface area contributed by atoms with Gasteiger partial charge in [0, 0.05) is 24.7 Å². The Morgan fingerprint density at radius 2 is 1.92 bits per heavy atom. The molecule has 1 rings (SSSR count). The first kappa shape index (κ1) is 21.3. The lowest BCUT2D eigenvalue weighted by Crippen LogP contribution is -2.38. The van der Waals surface area contributed by atoms with Crippen molar-refractivity contribution in [2.75, 3.05) is 33.4 Å². The number of hydrogen-bond acceptors (Lipinski definition) is 4. The molecule has 0 aromatic heterocycles. The molecular formula is C20H34N2O3. The minimum atomic E-state index is -0.0909. The van der Waals surface area contributed by atoms with E-state index in [-0.39, 0.29) is 5.91 Å². The fourth-order valence-corrected chi connectivity index (χ4v) is 2.53. The third kappa shape index (κ3) is 7.34. The molecule has 1 amide bonds. The zero-order valence-electron chi connectivity index (χ0n) is 16.6. The van der Waals surface area contributed by atoms with E-state index in [4.69, 9.17) is 9.47 Å². The van der Waals surface area contributed by atoms with E-state index in [1.165, 1.54) is 0 Å². The molecule has 0 bridgehead atoms. The molecule has 25 heavy (non-hydrogen) atoms. The van der Waals surface area contributed by atoms with Gasteiger partial charge in [0.2, 0.25) is 0 Å². The predicted octanol–water partition coefficient (Wildman–Crippen LogP) is 3.58. The zero-order valence-corrected chi connectivity index (χ0v) is 16.6. The minimum absolute atomic E-state index is 0.0909. The fourth-order valence-electron chi connectivity index (χ4n) is 2.53. The third-order valence-electron chi connectivity index (χ3n) is 4.20. The van der Waals surface area contributed by atoms with Crippen LogP contribution < -0.4 is 14.8 Å². The molecular weight excluding hydrogens is 316 g/mol. The average Bonchev–Trinajstić information content (AvgIpc) is 2.58. The number of nitrogens with zero attached hydrogens (tertiary/aromatic N) is 1. The number of likely N-dealkylation sites (N-methyl/N-ethyl adjacent to an activating group) is 1. The van der Waals surface area contributed by atoms with Gasteiger partial charge in [-0.3, -0.25) is 9.69 Å². The van der Waals surface area contributed by atoms with Crippen molar-refractivity contribution >= 4 is 5.91 Å². The van der Waals surface area contributed by atoms with Gasteiger partial charge in [-0.1, -0.05) is 20.8 Å². The third-order valence-corrected chi connectivity index (χ3v) is 4.20. The molecule has 1 aromatic carbocycles. The Morgan fingerprint density at radius 3 is 2.48 bits per heavy atom. The number of benzene rings is 1. The molecule has 0 aliphatic carbocycles. The molecule has 0 saturated carbocycles. The number of carbonyl (C=O) groups is 1. The number of hydrogen-bond donors (Lipinski definition) is 1. The van der Waals surface area contributed by atoms with Crippen LogP contribution in [-0.2, 0) is 0 Å². The summed E-state index contributed by atoms with van der Waals surface area (Å²) >= 11 is 0. The van der Waals surface area contributed by atoms with Crippen molar-refractivity contribution in [3.63, 3.8) is 0 Å². The summed E-state index contributed by atoms with van der Waals surface area (Å²) in [6.07, 6.45) is 0.981. The molecule has 0 aliphatic rings. The smallest absolute Gasteiger partial charge is 0.251 e. The van der Waals surface area contributed by atoms with Gasteiger partial charge in [-0.2, -0.15) is 0 Å². The summed E-state index contributed by atoms with van der Waals surface area (Å²) in [7, 11) is 1.59. The van der Waals surface area contributed by atoms with Crippen molar-refractivity contribution in [3.8, 4) is 11.5 Å². The highest BCUT2D eigenvalue weighted by Crippen LogP contribution is 2.28. The molecule has 0 spiro atoms. The molecule has 0 aliphatic heterocycles. The second-order valence-corrected chi connectivity index (χ2v) is 6.87. The first-order valence-corrected chi connectivity index (χ1v) is 9.22. The van der Waals surface area contributed by atoms with Crippen molar-refractivity contribution in [2.45, 2.75) is 47.1 Å². The molecule has 0 radical (unpaired) electrons. The van der Waals surface area contributed by atoms with Crippen molar-refractivity contribution in [2.24, 2.45) is 5.92 Å². The average molecular weight is 351 g/mol. The molecule has 0 fully saturated rings. The Labute approximate surface area is 152 Å². The summed E-state index contributed by atoms with van der Waals surface area (Å²) in [6.45, 7) is 13.9. The minimum Gasteiger partial charge on any atom is -0.493 e. The lowest BCUT2D eigenvalue weighted by Gasteiger charge is -2.24. The quantitative estimate of drug-likeness (QED) is 0.663. The van der Waals surface area contributed by atoms with Crippen molar-refractivity contribution in [1.29, 1.82) is 0 Å². The Balaban J connectivity index is 2.61. The Bertz CT molecular complexity index is 530. The van der Waals surface area contributed by atoms with Gasteiger partial charge < -0.3 is 14.8 Å². The summed E-state index contributed by atoms with van der Waals surface area (Å²) in [5.74, 6) is 1.77. The standard InChI is InChI=1S/C20H34N2O3/c1-7-22(16(4)5)12-11-21-20(23)17-8-9-18(19(14-17)24-6)25-13-10-15(2)3/h8-9,14-16H,7,10-13H2,1-6H3,(H,21,23). The van der Waals surface area contributed by atoms with E-state index < -0.39 is 0 Å². The molecule has 1 aromatic rings. The molecule has 0 heterocycles. The summed E-state index contributed by atoms with van der Waals surface area (Å²) < 4.78 is 11.1. The fraction of sp³-hybridized carbons (Fsp3) is 0.650. The Kier molecular flexibility index (Phi) is 9.35. The summed E-state index contributed by atoms with van der Waals surface area (Å²) in [6, 6.07) is 5.80. The summed E-state index contributed by atoms with van der Waals surface area (Å²) in [4.78, 5) is 14.7. The zero-order chi connectivity index (χ0) is 18.8. The molecule has 5 nitrogen and oxygen atoms in total. The number of rotatable bonds is 11. The van der Waals surface area contributed by atoms with Crippen LogP contribution in [0, 0.1) is 5.92 Å². The van der Waals surface area contributed by atoms with E-state index in [2.05, 4.69) is 44.8 Å². The molecule has 1 N–H and O–H groups in total. The Morgan fingerprint density at radius 1 is 1.20 bits per heavy atom. The number of carbonyl (C=O) groups excluding carboxylic acids is 1. The van der Waals surface area contributed by atoms with E-state index in [9.17, 15) is 4.79 Å². The molecule has 0 unspecified atom stereocenters. The van der Waals surface area contributed by atoms with Gasteiger partial charge in [-0.05, 0) is 50.9 Å². The maximum atomic E-state index is 12.3. The first-order chi connectivity index (χ1) is 11.9. The van der Waals surface area contributed by atoms with Gasteiger partial charge in [0.25, 0.3) is 5.91 Å². The number of methoxy groups -OCH3 is 1. The van der Waals surface area contributed by atoms with Crippen LogP contribution in [0.4, 0.5) is 0 Å². The monoisotopic (exact) mass is 350 g/mol. The Hall–Kier alpha value is -1.75. The van der Waals surface area contributed by atoms with Crippen LogP contribution in [0.1, 0.15) is 51.4 Å². The summed E-state index contributed by atoms with van der Waals surface area (Å²) in [5.41, 5.74) is 0.584. The van der Waals surface area contributed by atoms with Crippen LogP contribution in [0.25, 0.3) is 0 Å². The van der Waals surface area contributed by atoms with Gasteiger partial charge in [0.05, 0.1) is 13.7 Å². The van der Waals surface area contributed by atoms with E-state index in [0.29, 0.717) is 42.2 Å². The van der Waals surface area contributed by atoms with E-state index in [0.717, 1.165) is 19.5 Å². The van der Waals surface area contributed by atoms with Crippen LogP contribution in [0.2, 0.25) is 0 Å². The van der Waals surface area contributed by atoms with Crippen LogP contribution >= 0.6 is 0 Å². The van der Waals surface area contributed by atoms with Crippen molar-refractivity contribution in [1.82, 2.24) is 10.2 Å². The number of amides is 1. The van der Waals surface area contributed by atoms with E-state index in [1.807, 2.05) is 0 Å². The second kappa shape index (κ2) is 11.0. The molecule has 0 saturated heterocycles. The lowest BCUT2D eigenvalue weighted by molar-refractivity contribution is 0.0945. The topological polar surface area (TPSA) is 50.8 Å². The van der Waals surface area contributed by atoms with Crippen LogP contribution in [0.5, 0.6) is 11.5 Å². The van der Waals surface area contributed by atoms with Gasteiger partial charge in [-0.25, -0.2) is 0 Å². The second-order valence-electron chi connectivity index (χ2n) is 6.87. The number of nitrogens with one attached hydrogen (secondary N) is 1. The predicted molar refractivity (Wildman–Crippen MR) is 103 cm³/mol. The van der Waals surface area contributed by atoms with Gasteiger partial charge in [-0.15, -0.1) is 0 Å². The summed E-state index contributed by atoms with van der Waals surface area (Å²) in [5, 5.41) is 2.97. The highest BCUT2D eigenvalue weighted by Gasteiger charge is 2.12. The SMILES string of the molecule is CCN(CCNC(=O)c1ccc(OCCC(C)C)c(OC)c1)C(C)C. The van der Waals surface area contributed by atoms with Crippen molar-refractivity contribution in [3.05, 3.63) is 23.8 Å². The van der Waals surface area contributed by atoms with Gasteiger partial charge in [0.15, 0.2) is 11.5 Å². The van der Waals surface area contributed by atoms with E-state index >= 15 is 0 Å². The van der Waals surface area contributed by atoms with Crippen LogP contribution in [0.15, 0.2) is 18.2 Å². The highest BCUT2D eigenvalue weighted by molar-refractivity contribution is 5.94. The highest BCUT2D eigenvalue weighted by atomic mass is 16.5. The lowest BCUT2D eigenvalue weighted by atomic mass is 10.1.